The minimum absolute atomic E-state index is 0.0131. The van der Waals surface area contributed by atoms with E-state index in [1.54, 1.807) is 12.1 Å². The molecule has 0 amide bonds. The summed E-state index contributed by atoms with van der Waals surface area (Å²) < 4.78 is 6.25. The molecular weight excluding hydrogens is 420 g/mol. The van der Waals surface area contributed by atoms with Crippen molar-refractivity contribution in [2.45, 2.75) is 13.8 Å². The van der Waals surface area contributed by atoms with E-state index in [1.165, 1.54) is 17.6 Å². The summed E-state index contributed by atoms with van der Waals surface area (Å²) in [6, 6.07) is 18.8. The lowest BCUT2D eigenvalue weighted by atomic mass is 9.93. The number of hydrogen-bond donors (Lipinski definition) is 2. The second-order valence-electron chi connectivity index (χ2n) is 7.74. The fourth-order valence-electron chi connectivity index (χ4n) is 4.02. The van der Waals surface area contributed by atoms with Gasteiger partial charge in [0.1, 0.15) is 12.0 Å². The van der Waals surface area contributed by atoms with Crippen LogP contribution in [-0.4, -0.2) is 15.9 Å². The monoisotopic (exact) mass is 440 g/mol. The van der Waals surface area contributed by atoms with Crippen molar-refractivity contribution in [3.05, 3.63) is 88.5 Å². The van der Waals surface area contributed by atoms with Crippen LogP contribution in [0.15, 0.2) is 71.3 Å². The maximum absolute atomic E-state index is 13.7. The van der Waals surface area contributed by atoms with Gasteiger partial charge < -0.3 is 15.3 Å². The first kappa shape index (κ1) is 20.0. The fraction of sp³-hybridized carbons (Fsp3) is 0.0769. The third-order valence-electron chi connectivity index (χ3n) is 5.53. The average Bonchev–Trinajstić information content (AvgIpc) is 3.37. The zero-order chi connectivity index (χ0) is 22.4. The molecule has 3 N–H and O–H groups in total. The minimum Gasteiger partial charge on any atom is -0.508 e. The Kier molecular flexibility index (Phi) is 4.79. The van der Waals surface area contributed by atoms with Crippen LogP contribution in [0.2, 0.25) is 0 Å². The van der Waals surface area contributed by atoms with Crippen molar-refractivity contribution in [2.24, 2.45) is 0 Å². The Hall–Kier alpha value is -3.90. The van der Waals surface area contributed by atoms with Crippen molar-refractivity contribution in [1.82, 2.24) is 4.98 Å². The van der Waals surface area contributed by atoms with Gasteiger partial charge in [0.2, 0.25) is 11.7 Å². The predicted molar refractivity (Wildman–Crippen MR) is 128 cm³/mol. The van der Waals surface area contributed by atoms with Gasteiger partial charge in [-0.15, -0.1) is 11.3 Å². The number of aryl methyl sites for hydroxylation is 2. The van der Waals surface area contributed by atoms with Crippen molar-refractivity contribution in [3.8, 4) is 28.3 Å². The molecular formula is C26H20N2O3S. The number of ketones is 1. The van der Waals surface area contributed by atoms with Gasteiger partial charge in [-0.25, -0.2) is 0 Å². The Morgan fingerprint density at radius 3 is 2.34 bits per heavy atom. The largest absolute Gasteiger partial charge is 0.508 e. The molecule has 2 aromatic heterocycles. The first-order chi connectivity index (χ1) is 15.4. The highest BCUT2D eigenvalue weighted by atomic mass is 32.1. The van der Waals surface area contributed by atoms with Crippen molar-refractivity contribution in [3.63, 3.8) is 0 Å². The number of anilines is 1. The van der Waals surface area contributed by atoms with E-state index in [4.69, 9.17) is 10.2 Å². The Bertz CT molecular complexity index is 1460. The summed E-state index contributed by atoms with van der Waals surface area (Å²) in [5.41, 5.74) is 10.8. The molecule has 0 fully saturated rings. The normalized spacial score (nSPS) is 11.2. The first-order valence-electron chi connectivity index (χ1n) is 10.1. The molecule has 2 heterocycles. The van der Waals surface area contributed by atoms with Crippen LogP contribution in [0.25, 0.3) is 32.7 Å². The van der Waals surface area contributed by atoms with Crippen LogP contribution in [0.5, 0.6) is 5.75 Å². The SMILES string of the molecule is Cc1cccc(C)c1C(=O)c1sc2cc(O)ccc2c1-c1ccc(-c2nc(N)co2)cc1. The van der Waals surface area contributed by atoms with Gasteiger partial charge in [0.05, 0.1) is 4.88 Å². The molecule has 5 aromatic rings. The van der Waals surface area contributed by atoms with Crippen molar-refractivity contribution < 1.29 is 14.3 Å². The number of nitrogen functional groups attached to an aromatic ring is 1. The maximum atomic E-state index is 13.7. The first-order valence-corrected chi connectivity index (χ1v) is 10.9. The summed E-state index contributed by atoms with van der Waals surface area (Å²) in [7, 11) is 0. The topological polar surface area (TPSA) is 89.3 Å². The van der Waals surface area contributed by atoms with Gasteiger partial charge in [-0.2, -0.15) is 4.98 Å². The van der Waals surface area contributed by atoms with Gasteiger partial charge in [0.25, 0.3) is 0 Å². The molecule has 6 heteroatoms. The van der Waals surface area contributed by atoms with Gasteiger partial charge in [0, 0.05) is 26.8 Å². The van der Waals surface area contributed by atoms with Crippen molar-refractivity contribution >= 4 is 33.0 Å². The number of nitrogens with zero attached hydrogens (tertiary/aromatic N) is 1. The number of benzene rings is 3. The Morgan fingerprint density at radius 1 is 1.00 bits per heavy atom. The standard InChI is InChI=1S/C26H20N2O3S/c1-14-4-3-5-15(2)22(14)24(30)25-23(19-11-10-18(29)12-20(19)32-25)16-6-8-17(9-7-16)26-28-21(27)13-31-26/h3-13,29H,27H2,1-2H3. The smallest absolute Gasteiger partial charge is 0.227 e. The van der Waals surface area contributed by atoms with E-state index in [0.717, 1.165) is 43.5 Å². The quantitative estimate of drug-likeness (QED) is 0.317. The zero-order valence-corrected chi connectivity index (χ0v) is 18.4. The number of phenolic OH excluding ortho intramolecular Hbond substituents is 1. The summed E-state index contributed by atoms with van der Waals surface area (Å²) in [5.74, 6) is 0.934. The highest BCUT2D eigenvalue weighted by Gasteiger charge is 2.23. The summed E-state index contributed by atoms with van der Waals surface area (Å²) in [6.45, 7) is 3.91. The van der Waals surface area contributed by atoms with E-state index in [1.807, 2.05) is 62.4 Å². The Balaban J connectivity index is 1.69. The van der Waals surface area contributed by atoms with Crippen LogP contribution >= 0.6 is 11.3 Å². The van der Waals surface area contributed by atoms with E-state index in [2.05, 4.69) is 4.98 Å². The summed E-state index contributed by atoms with van der Waals surface area (Å²) in [4.78, 5) is 18.6. The van der Waals surface area contributed by atoms with Gasteiger partial charge in [-0.05, 0) is 60.9 Å². The number of aromatic nitrogens is 1. The number of carbonyl (C=O) groups is 1. The molecule has 0 aliphatic carbocycles. The highest BCUT2D eigenvalue weighted by molar-refractivity contribution is 7.21. The van der Waals surface area contributed by atoms with Crippen LogP contribution in [0.1, 0.15) is 26.4 Å². The third kappa shape index (κ3) is 3.35. The number of thiophene rings is 1. The molecule has 3 aromatic carbocycles. The molecule has 5 rings (SSSR count). The Labute approximate surface area is 188 Å². The van der Waals surface area contributed by atoms with E-state index in [-0.39, 0.29) is 11.5 Å². The van der Waals surface area contributed by atoms with E-state index < -0.39 is 0 Å². The lowest BCUT2D eigenvalue weighted by Crippen LogP contribution is -2.05. The molecule has 0 spiro atoms. The van der Waals surface area contributed by atoms with Crippen LogP contribution in [0.3, 0.4) is 0 Å². The van der Waals surface area contributed by atoms with Crippen molar-refractivity contribution in [1.29, 1.82) is 0 Å². The summed E-state index contributed by atoms with van der Waals surface area (Å²) >= 11 is 1.40. The molecule has 0 radical (unpaired) electrons. The molecule has 158 valence electrons. The van der Waals surface area contributed by atoms with Crippen LogP contribution in [0, 0.1) is 13.8 Å². The van der Waals surface area contributed by atoms with Gasteiger partial charge in [-0.3, -0.25) is 4.79 Å². The predicted octanol–water partition coefficient (Wildman–Crippen LogP) is 6.36. The molecule has 0 atom stereocenters. The van der Waals surface area contributed by atoms with Gasteiger partial charge in [-0.1, -0.05) is 30.3 Å². The summed E-state index contributed by atoms with van der Waals surface area (Å²) in [6.07, 6.45) is 1.41. The van der Waals surface area contributed by atoms with Crippen LogP contribution in [-0.2, 0) is 0 Å². The molecule has 0 aliphatic rings. The Morgan fingerprint density at radius 2 is 1.69 bits per heavy atom. The lowest BCUT2D eigenvalue weighted by Gasteiger charge is -2.10. The second kappa shape index (κ2) is 7.66. The minimum atomic E-state index is -0.0131. The molecule has 5 nitrogen and oxygen atoms in total. The second-order valence-corrected chi connectivity index (χ2v) is 8.79. The van der Waals surface area contributed by atoms with Gasteiger partial charge >= 0.3 is 0 Å². The zero-order valence-electron chi connectivity index (χ0n) is 17.5. The molecule has 0 aliphatic heterocycles. The molecule has 0 bridgehead atoms. The molecule has 0 unspecified atom stereocenters. The van der Waals surface area contributed by atoms with E-state index >= 15 is 0 Å². The maximum Gasteiger partial charge on any atom is 0.227 e. The molecule has 0 saturated carbocycles. The number of phenols is 1. The average molecular weight is 441 g/mol. The summed E-state index contributed by atoms with van der Waals surface area (Å²) in [5, 5.41) is 10.9. The third-order valence-corrected chi connectivity index (χ3v) is 6.68. The van der Waals surface area contributed by atoms with Gasteiger partial charge in [0.15, 0.2) is 5.82 Å². The number of oxazole rings is 1. The highest BCUT2D eigenvalue weighted by Crippen LogP contribution is 2.42. The lowest BCUT2D eigenvalue weighted by molar-refractivity contribution is 0.104. The fourth-order valence-corrected chi connectivity index (χ4v) is 5.22. The van der Waals surface area contributed by atoms with E-state index in [9.17, 15) is 9.90 Å². The van der Waals surface area contributed by atoms with Crippen LogP contribution in [0.4, 0.5) is 5.82 Å². The number of aromatic hydroxyl groups is 1. The number of rotatable bonds is 4. The number of fused-ring (bicyclic) bond motifs is 1. The molecule has 0 saturated heterocycles. The van der Waals surface area contributed by atoms with Crippen molar-refractivity contribution in [2.75, 3.05) is 5.73 Å². The van der Waals surface area contributed by atoms with Crippen LogP contribution < -0.4 is 5.73 Å². The van der Waals surface area contributed by atoms with E-state index in [0.29, 0.717) is 16.6 Å². The number of carbonyl (C=O) groups excluding carboxylic acids is 1. The number of hydrogen-bond acceptors (Lipinski definition) is 6. The molecule has 32 heavy (non-hydrogen) atoms. The number of nitrogens with two attached hydrogens (primary N) is 1.